The Morgan fingerprint density at radius 2 is 1.85 bits per heavy atom. The summed E-state index contributed by atoms with van der Waals surface area (Å²) in [6.07, 6.45) is 2.82. The second-order valence-electron chi connectivity index (χ2n) is 7.52. The number of benzene rings is 1. The molecule has 1 aliphatic heterocycles. The average Bonchev–Trinajstić information content (AvgIpc) is 3.20. The number of methoxy groups -OCH3 is 2. The zero-order valence-electron chi connectivity index (χ0n) is 18.4. The molecule has 33 heavy (non-hydrogen) atoms. The molecule has 1 aromatic carbocycles. The highest BCUT2D eigenvalue weighted by atomic mass is 32.2. The van der Waals surface area contributed by atoms with E-state index >= 15 is 0 Å². The summed E-state index contributed by atoms with van der Waals surface area (Å²) in [5.41, 5.74) is 0.945. The Labute approximate surface area is 191 Å². The van der Waals surface area contributed by atoms with Crippen LogP contribution in [-0.2, 0) is 26.0 Å². The van der Waals surface area contributed by atoms with E-state index in [2.05, 4.69) is 4.98 Å². The average molecular weight is 476 g/mol. The summed E-state index contributed by atoms with van der Waals surface area (Å²) in [5, 5.41) is 9.70. The van der Waals surface area contributed by atoms with Crippen molar-refractivity contribution in [1.29, 1.82) is 0 Å². The van der Waals surface area contributed by atoms with Crippen molar-refractivity contribution in [1.82, 2.24) is 8.96 Å². The highest BCUT2D eigenvalue weighted by Gasteiger charge is 2.24. The van der Waals surface area contributed by atoms with Crippen LogP contribution in [0.25, 0.3) is 10.9 Å². The van der Waals surface area contributed by atoms with Gasteiger partial charge in [-0.2, -0.15) is 0 Å². The number of carbonyl (C=O) groups is 1. The van der Waals surface area contributed by atoms with Crippen LogP contribution >= 0.6 is 0 Å². The topological polar surface area (TPSA) is 120 Å². The lowest BCUT2D eigenvalue weighted by Crippen LogP contribution is -2.36. The molecule has 1 fully saturated rings. The van der Waals surface area contributed by atoms with E-state index in [4.69, 9.17) is 19.3 Å². The Kier molecular flexibility index (Phi) is 6.43. The summed E-state index contributed by atoms with van der Waals surface area (Å²) in [7, 11) is -1.06. The lowest BCUT2D eigenvalue weighted by atomic mass is 10.1. The Hall–Kier alpha value is -3.31. The number of hydrogen-bond donors (Lipinski definition) is 1. The standard InChI is InChI=1S/C22H25N3O7S/c1-30-19-11-17-15(3-6-22(26)27)14-25(18(17)12-20(19)31-2)33(28,29)16-4-5-21(23-13-16)24-7-9-32-10-8-24/h4-5,11-14H,3,6-10H2,1-2H3,(H,26,27). The maximum absolute atomic E-state index is 13.5. The predicted molar refractivity (Wildman–Crippen MR) is 121 cm³/mol. The predicted octanol–water partition coefficient (Wildman–Crippen LogP) is 2.14. The van der Waals surface area contributed by atoms with E-state index in [1.54, 1.807) is 18.2 Å². The van der Waals surface area contributed by atoms with E-state index in [0.29, 0.717) is 60.1 Å². The molecule has 3 aromatic rings. The molecule has 4 rings (SSSR count). The second kappa shape index (κ2) is 9.28. The Balaban J connectivity index is 1.78. The lowest BCUT2D eigenvalue weighted by Gasteiger charge is -2.27. The maximum Gasteiger partial charge on any atom is 0.303 e. The largest absolute Gasteiger partial charge is 0.493 e. The first-order chi connectivity index (χ1) is 15.8. The molecule has 1 saturated heterocycles. The van der Waals surface area contributed by atoms with Crippen LogP contribution < -0.4 is 14.4 Å². The van der Waals surface area contributed by atoms with Gasteiger partial charge in [0.05, 0.1) is 33.0 Å². The molecule has 0 spiro atoms. The molecule has 10 nitrogen and oxygen atoms in total. The molecule has 1 N–H and O–H groups in total. The minimum Gasteiger partial charge on any atom is -0.493 e. The molecular weight excluding hydrogens is 450 g/mol. The minimum absolute atomic E-state index is 0.0241. The third-order valence-corrected chi connectivity index (χ3v) is 7.24. The van der Waals surface area contributed by atoms with Crippen LogP contribution in [0.4, 0.5) is 5.82 Å². The van der Waals surface area contributed by atoms with Gasteiger partial charge in [0.1, 0.15) is 10.7 Å². The third kappa shape index (κ3) is 4.46. The monoisotopic (exact) mass is 475 g/mol. The first-order valence-corrected chi connectivity index (χ1v) is 11.8. The SMILES string of the molecule is COc1cc2c(CCC(=O)O)cn(S(=O)(=O)c3ccc(N4CCOCC4)nc3)c2cc1OC. The van der Waals surface area contributed by atoms with Gasteiger partial charge in [0.25, 0.3) is 10.0 Å². The van der Waals surface area contributed by atoms with Gasteiger partial charge in [-0.1, -0.05) is 0 Å². The van der Waals surface area contributed by atoms with E-state index in [1.807, 2.05) is 4.90 Å². The number of anilines is 1. The molecular formula is C22H25N3O7S. The third-order valence-electron chi connectivity index (χ3n) is 5.58. The minimum atomic E-state index is -4.01. The molecule has 3 heterocycles. The summed E-state index contributed by atoms with van der Waals surface area (Å²) >= 11 is 0. The highest BCUT2D eigenvalue weighted by Crippen LogP contribution is 2.36. The summed E-state index contributed by atoms with van der Waals surface area (Å²) in [5.74, 6) is 0.503. The first kappa shape index (κ1) is 22.9. The summed E-state index contributed by atoms with van der Waals surface area (Å²) in [6.45, 7) is 2.58. The van der Waals surface area contributed by atoms with Crippen molar-refractivity contribution >= 4 is 32.7 Å². The van der Waals surface area contributed by atoms with Crippen molar-refractivity contribution < 1.29 is 32.5 Å². The van der Waals surface area contributed by atoms with Gasteiger partial charge in [-0.05, 0) is 30.2 Å². The van der Waals surface area contributed by atoms with Gasteiger partial charge in [-0.25, -0.2) is 17.4 Å². The molecule has 0 aliphatic carbocycles. The van der Waals surface area contributed by atoms with Gasteiger partial charge in [-0.3, -0.25) is 4.79 Å². The normalized spacial score (nSPS) is 14.4. The van der Waals surface area contributed by atoms with Crippen molar-refractivity contribution in [2.75, 3.05) is 45.4 Å². The van der Waals surface area contributed by atoms with Crippen LogP contribution in [0.1, 0.15) is 12.0 Å². The van der Waals surface area contributed by atoms with Crippen LogP contribution in [-0.4, -0.2) is 69.0 Å². The molecule has 11 heteroatoms. The van der Waals surface area contributed by atoms with Crippen molar-refractivity contribution in [3.8, 4) is 11.5 Å². The summed E-state index contributed by atoms with van der Waals surface area (Å²) in [6, 6.07) is 6.44. The van der Waals surface area contributed by atoms with Crippen molar-refractivity contribution in [2.24, 2.45) is 0 Å². The fraction of sp³-hybridized carbons (Fsp3) is 0.364. The summed E-state index contributed by atoms with van der Waals surface area (Å²) in [4.78, 5) is 17.5. The van der Waals surface area contributed by atoms with Crippen molar-refractivity contribution in [3.05, 3.63) is 42.2 Å². The molecule has 0 saturated carbocycles. The fourth-order valence-electron chi connectivity index (χ4n) is 3.85. The fourth-order valence-corrected chi connectivity index (χ4v) is 5.18. The Bertz CT molecular complexity index is 1260. The molecule has 1 aliphatic rings. The number of hydrogen-bond acceptors (Lipinski definition) is 8. The molecule has 0 radical (unpaired) electrons. The van der Waals surface area contributed by atoms with Gasteiger partial charge in [-0.15, -0.1) is 0 Å². The van der Waals surface area contributed by atoms with E-state index in [-0.39, 0.29) is 17.7 Å². The number of aromatic nitrogens is 2. The number of pyridine rings is 1. The number of nitrogens with zero attached hydrogens (tertiary/aromatic N) is 3. The molecule has 0 unspecified atom stereocenters. The van der Waals surface area contributed by atoms with Crippen LogP contribution in [0.3, 0.4) is 0 Å². The van der Waals surface area contributed by atoms with Gasteiger partial charge in [0, 0.05) is 43.4 Å². The van der Waals surface area contributed by atoms with Gasteiger partial charge in [0.2, 0.25) is 0 Å². The highest BCUT2D eigenvalue weighted by molar-refractivity contribution is 7.90. The number of aryl methyl sites for hydroxylation is 1. The smallest absolute Gasteiger partial charge is 0.303 e. The van der Waals surface area contributed by atoms with Gasteiger partial charge in [0.15, 0.2) is 11.5 Å². The van der Waals surface area contributed by atoms with Crippen molar-refractivity contribution in [3.63, 3.8) is 0 Å². The quantitative estimate of drug-likeness (QED) is 0.522. The van der Waals surface area contributed by atoms with E-state index in [1.165, 1.54) is 32.7 Å². The summed E-state index contributed by atoms with van der Waals surface area (Å²) < 4.78 is 44.3. The van der Waals surface area contributed by atoms with Crippen LogP contribution in [0.5, 0.6) is 11.5 Å². The van der Waals surface area contributed by atoms with E-state index < -0.39 is 16.0 Å². The first-order valence-electron chi connectivity index (χ1n) is 10.4. The molecule has 2 aromatic heterocycles. The van der Waals surface area contributed by atoms with E-state index in [0.717, 1.165) is 3.97 Å². The Morgan fingerprint density at radius 3 is 2.45 bits per heavy atom. The zero-order chi connectivity index (χ0) is 23.6. The molecule has 176 valence electrons. The zero-order valence-corrected chi connectivity index (χ0v) is 19.2. The number of morpholine rings is 1. The van der Waals surface area contributed by atoms with Crippen LogP contribution in [0.15, 0.2) is 41.6 Å². The van der Waals surface area contributed by atoms with Gasteiger partial charge < -0.3 is 24.2 Å². The molecule has 0 amide bonds. The number of carboxylic acids is 1. The van der Waals surface area contributed by atoms with Crippen molar-refractivity contribution in [2.45, 2.75) is 17.7 Å². The lowest BCUT2D eigenvalue weighted by molar-refractivity contribution is -0.136. The van der Waals surface area contributed by atoms with Gasteiger partial charge >= 0.3 is 5.97 Å². The Morgan fingerprint density at radius 1 is 1.15 bits per heavy atom. The van der Waals surface area contributed by atoms with Crippen LogP contribution in [0.2, 0.25) is 0 Å². The number of aliphatic carboxylic acids is 1. The van der Waals surface area contributed by atoms with Crippen LogP contribution in [0, 0.1) is 0 Å². The number of rotatable bonds is 8. The maximum atomic E-state index is 13.5. The molecule has 0 bridgehead atoms. The second-order valence-corrected chi connectivity index (χ2v) is 9.34. The van der Waals surface area contributed by atoms with E-state index in [9.17, 15) is 13.2 Å². The molecule has 0 atom stereocenters. The number of carboxylic acid groups (broad SMARTS) is 1. The number of ether oxygens (including phenoxy) is 3. The number of fused-ring (bicyclic) bond motifs is 1.